The maximum atomic E-state index is 5.58. The second-order valence-electron chi connectivity index (χ2n) is 1.41. The zero-order valence-corrected chi connectivity index (χ0v) is 5.82. The van der Waals surface area contributed by atoms with Crippen LogP contribution in [0.2, 0.25) is 5.02 Å². The summed E-state index contributed by atoms with van der Waals surface area (Å²) in [5.41, 5.74) is 0. The summed E-state index contributed by atoms with van der Waals surface area (Å²) in [5.74, 6) is 0. The Labute approximate surface area is 61.4 Å². The van der Waals surface area contributed by atoms with Crippen molar-refractivity contribution in [3.8, 4) is 0 Å². The van der Waals surface area contributed by atoms with E-state index in [4.69, 9.17) is 11.6 Å². The molecule has 0 unspecified atom stereocenters. The standard InChI is InChI=1S/C6H4Cl.Co/c7-6-4-2-1-3-5-6;/h2-5H;. The van der Waals surface area contributed by atoms with Gasteiger partial charge in [-0.15, -0.1) is 0 Å². The fraction of sp³-hybridized carbons (Fsp3) is 0. The molecule has 0 radical (unpaired) electrons. The minimum atomic E-state index is 0.751. The van der Waals surface area contributed by atoms with E-state index in [0.717, 1.165) is 9.52 Å². The first-order valence-electron chi connectivity index (χ1n) is 2.18. The third kappa shape index (κ3) is 1.51. The Balaban J connectivity index is 3.03. The summed E-state index contributed by atoms with van der Waals surface area (Å²) in [4.78, 5) is 0. The van der Waals surface area contributed by atoms with Crippen molar-refractivity contribution in [2.45, 2.75) is 0 Å². The van der Waals surface area contributed by atoms with E-state index in [1.165, 1.54) is 0 Å². The summed E-state index contributed by atoms with van der Waals surface area (Å²) < 4.78 is 0.932. The summed E-state index contributed by atoms with van der Waals surface area (Å²) in [6.45, 7) is 0. The number of hydrogen-bond donors (Lipinski definition) is 0. The van der Waals surface area contributed by atoms with Gasteiger partial charge < -0.3 is 0 Å². The van der Waals surface area contributed by atoms with Gasteiger partial charge in [0, 0.05) is 0 Å². The van der Waals surface area contributed by atoms with Crippen molar-refractivity contribution in [2.24, 2.45) is 0 Å². The first-order valence-corrected chi connectivity index (χ1v) is 3.08. The Morgan fingerprint density at radius 3 is 2.00 bits per heavy atom. The van der Waals surface area contributed by atoms with Gasteiger partial charge in [-0.1, -0.05) is 0 Å². The van der Waals surface area contributed by atoms with E-state index in [9.17, 15) is 0 Å². The van der Waals surface area contributed by atoms with Gasteiger partial charge in [-0.2, -0.15) is 0 Å². The fourth-order valence-corrected chi connectivity index (χ4v) is 0.722. The van der Waals surface area contributed by atoms with E-state index in [-0.39, 0.29) is 0 Å². The predicted molar refractivity (Wildman–Crippen MR) is 31.1 cm³/mol. The normalized spacial score (nSPS) is 9.38. The van der Waals surface area contributed by atoms with Gasteiger partial charge in [-0.3, -0.25) is 0 Å². The first kappa shape index (κ1) is 6.14. The van der Waals surface area contributed by atoms with E-state index in [0.29, 0.717) is 0 Å². The quantitative estimate of drug-likeness (QED) is 0.554. The molecule has 0 atom stereocenters. The first-order chi connectivity index (χ1) is 3.79. The van der Waals surface area contributed by atoms with E-state index < -0.39 is 0 Å². The molecule has 44 valence electrons. The molecule has 1 aromatic rings. The van der Waals surface area contributed by atoms with Crippen molar-refractivity contribution in [3.63, 3.8) is 0 Å². The minimum absolute atomic E-state index is 0.751. The second kappa shape index (κ2) is 2.53. The van der Waals surface area contributed by atoms with E-state index in [1.807, 2.05) is 24.3 Å². The van der Waals surface area contributed by atoms with Gasteiger partial charge >= 0.3 is 61.1 Å². The molecule has 0 aromatic heterocycles. The van der Waals surface area contributed by atoms with Crippen LogP contribution in [-0.4, -0.2) is 0 Å². The molecule has 2 heteroatoms. The fourth-order valence-electron chi connectivity index (χ4n) is 0.422. The van der Waals surface area contributed by atoms with Crippen LogP contribution in [0.1, 0.15) is 0 Å². The molecule has 0 aliphatic heterocycles. The Morgan fingerprint density at radius 1 is 1.12 bits per heavy atom. The van der Waals surface area contributed by atoms with E-state index in [1.54, 1.807) is 0 Å². The maximum absolute atomic E-state index is 5.58. The Kier molecular flexibility index (Phi) is 1.94. The van der Waals surface area contributed by atoms with E-state index >= 15 is 0 Å². The molecule has 0 amide bonds. The Morgan fingerprint density at radius 2 is 1.62 bits per heavy atom. The van der Waals surface area contributed by atoms with Crippen LogP contribution in [0.25, 0.3) is 0 Å². The topological polar surface area (TPSA) is 0 Å². The van der Waals surface area contributed by atoms with Crippen LogP contribution >= 0.6 is 11.6 Å². The van der Waals surface area contributed by atoms with Crippen LogP contribution < -0.4 is 4.50 Å². The zero-order chi connectivity index (χ0) is 5.98. The van der Waals surface area contributed by atoms with Gasteiger partial charge in [-0.25, -0.2) is 0 Å². The average molecular weight is 170 g/mol. The predicted octanol–water partition coefficient (Wildman–Crippen LogP) is 1.51. The van der Waals surface area contributed by atoms with Gasteiger partial charge in [-0.05, 0) is 0 Å². The van der Waals surface area contributed by atoms with Crippen molar-refractivity contribution >= 4 is 16.1 Å². The molecule has 8 heavy (non-hydrogen) atoms. The second-order valence-corrected chi connectivity index (χ2v) is 2.45. The number of benzene rings is 1. The van der Waals surface area contributed by atoms with E-state index in [2.05, 4.69) is 15.7 Å². The molecule has 0 saturated heterocycles. The molecule has 0 N–H and O–H groups in total. The molecular formula is C6H4ClCo. The molecule has 0 aliphatic rings. The summed E-state index contributed by atoms with van der Waals surface area (Å²) in [6.07, 6.45) is 0. The van der Waals surface area contributed by atoms with Crippen LogP contribution in [0.15, 0.2) is 24.3 Å². The van der Waals surface area contributed by atoms with Crippen LogP contribution in [0.4, 0.5) is 0 Å². The van der Waals surface area contributed by atoms with Crippen LogP contribution in [0, 0.1) is 0 Å². The molecule has 0 heterocycles. The summed E-state index contributed by atoms with van der Waals surface area (Å²) in [5, 5.41) is 0.751. The SMILES string of the molecule is Clc1cc[c]([Co])cc1. The Bertz CT molecular complexity index is 147. The summed E-state index contributed by atoms with van der Waals surface area (Å²) in [6, 6.07) is 7.31. The summed E-state index contributed by atoms with van der Waals surface area (Å²) in [7, 11) is 0. The molecule has 0 saturated carbocycles. The molecule has 0 fully saturated rings. The average Bonchev–Trinajstić information content (AvgIpc) is 1.77. The van der Waals surface area contributed by atoms with Crippen molar-refractivity contribution in [2.75, 3.05) is 0 Å². The molecular weight excluding hydrogens is 166 g/mol. The van der Waals surface area contributed by atoms with Gasteiger partial charge in [0.05, 0.1) is 0 Å². The number of rotatable bonds is 0. The van der Waals surface area contributed by atoms with Gasteiger partial charge in [0.2, 0.25) is 0 Å². The van der Waals surface area contributed by atoms with Crippen molar-refractivity contribution in [1.82, 2.24) is 0 Å². The zero-order valence-electron chi connectivity index (χ0n) is 4.02. The number of halogens is 1. The third-order valence-corrected chi connectivity index (χ3v) is 1.39. The van der Waals surface area contributed by atoms with Crippen LogP contribution in [0.3, 0.4) is 0 Å². The molecule has 1 aromatic carbocycles. The van der Waals surface area contributed by atoms with Crippen LogP contribution in [0.5, 0.6) is 0 Å². The molecule has 1 rings (SSSR count). The Hall–Kier alpha value is 0.0165. The number of hydrogen-bond acceptors (Lipinski definition) is 0. The monoisotopic (exact) mass is 170 g/mol. The molecule has 0 spiro atoms. The molecule has 0 nitrogen and oxygen atoms in total. The van der Waals surface area contributed by atoms with Crippen molar-refractivity contribution < 1.29 is 15.7 Å². The molecule has 0 aliphatic carbocycles. The molecule has 0 bridgehead atoms. The third-order valence-electron chi connectivity index (χ3n) is 0.789. The van der Waals surface area contributed by atoms with Crippen molar-refractivity contribution in [3.05, 3.63) is 29.3 Å². The van der Waals surface area contributed by atoms with Crippen molar-refractivity contribution in [1.29, 1.82) is 0 Å². The van der Waals surface area contributed by atoms with Gasteiger partial charge in [0.15, 0.2) is 0 Å². The van der Waals surface area contributed by atoms with Crippen LogP contribution in [-0.2, 0) is 15.7 Å². The van der Waals surface area contributed by atoms with Gasteiger partial charge in [0.25, 0.3) is 0 Å². The van der Waals surface area contributed by atoms with Gasteiger partial charge in [0.1, 0.15) is 0 Å². The summed E-state index contributed by atoms with van der Waals surface area (Å²) >= 11 is 9.70.